The molecule has 0 saturated heterocycles. The number of carbonyl (C=O) groups is 1. The Morgan fingerprint density at radius 3 is 3.11 bits per heavy atom. The van der Waals surface area contributed by atoms with Crippen molar-refractivity contribution in [1.82, 2.24) is 0 Å². The van der Waals surface area contributed by atoms with Crippen LogP contribution in [0.25, 0.3) is 0 Å². The van der Waals surface area contributed by atoms with Crippen molar-refractivity contribution in [2.45, 2.75) is 19.9 Å². The Hall–Kier alpha value is -1.95. The number of carbonyl (C=O) groups excluding carboxylic acids is 1. The Bertz CT molecular complexity index is 476. The molecule has 1 atom stereocenters. The minimum absolute atomic E-state index is 0.0277. The predicted molar refractivity (Wildman–Crippen MR) is 74.6 cm³/mol. The summed E-state index contributed by atoms with van der Waals surface area (Å²) in [4.78, 5) is 11.3. The molecule has 0 spiro atoms. The molecule has 1 amide bonds. The zero-order valence-electron chi connectivity index (χ0n) is 11.2. The fraction of sp³-hybridized carbons (Fsp3) is 0.462. The lowest BCUT2D eigenvalue weighted by molar-refractivity contribution is -0.118. The first-order valence-electron chi connectivity index (χ1n) is 6.30. The smallest absolute Gasteiger partial charge is 0.262 e. The standard InChI is InChI=1S/C13H19N3O3/c1-3-18-6-8(2)15-10-5-11-12(4-9(10)14)19-7-13(17)16-11/h4-5,8,15H,3,6-7,14H2,1-2H3,(H,16,17). The molecule has 6 heteroatoms. The fourth-order valence-corrected chi connectivity index (χ4v) is 1.87. The van der Waals surface area contributed by atoms with Crippen molar-refractivity contribution in [3.8, 4) is 5.75 Å². The maximum absolute atomic E-state index is 11.3. The Morgan fingerprint density at radius 1 is 1.58 bits per heavy atom. The van der Waals surface area contributed by atoms with Gasteiger partial charge in [0.1, 0.15) is 5.75 Å². The topological polar surface area (TPSA) is 85.6 Å². The van der Waals surface area contributed by atoms with Gasteiger partial charge in [0.05, 0.1) is 23.7 Å². The fourth-order valence-electron chi connectivity index (χ4n) is 1.87. The van der Waals surface area contributed by atoms with Gasteiger partial charge >= 0.3 is 0 Å². The van der Waals surface area contributed by atoms with Gasteiger partial charge in [-0.1, -0.05) is 0 Å². The van der Waals surface area contributed by atoms with E-state index in [2.05, 4.69) is 10.6 Å². The molecule has 19 heavy (non-hydrogen) atoms. The van der Waals surface area contributed by atoms with E-state index in [4.69, 9.17) is 15.2 Å². The van der Waals surface area contributed by atoms with Gasteiger partial charge in [-0.3, -0.25) is 4.79 Å². The van der Waals surface area contributed by atoms with Crippen molar-refractivity contribution in [1.29, 1.82) is 0 Å². The van der Waals surface area contributed by atoms with Gasteiger partial charge in [0.2, 0.25) is 0 Å². The predicted octanol–water partition coefficient (Wildman–Crippen LogP) is 1.44. The second-order valence-electron chi connectivity index (χ2n) is 4.48. The summed E-state index contributed by atoms with van der Waals surface area (Å²) in [6.07, 6.45) is 0. The molecule has 1 aromatic carbocycles. The van der Waals surface area contributed by atoms with Crippen LogP contribution in [0.2, 0.25) is 0 Å². The van der Waals surface area contributed by atoms with Crippen molar-refractivity contribution in [2.75, 3.05) is 36.2 Å². The largest absolute Gasteiger partial charge is 0.482 e. The van der Waals surface area contributed by atoms with Crippen LogP contribution < -0.4 is 21.1 Å². The van der Waals surface area contributed by atoms with E-state index in [1.165, 1.54) is 0 Å². The lowest BCUT2D eigenvalue weighted by atomic mass is 10.2. The van der Waals surface area contributed by atoms with E-state index >= 15 is 0 Å². The molecule has 4 N–H and O–H groups in total. The van der Waals surface area contributed by atoms with Gasteiger partial charge in [-0.2, -0.15) is 0 Å². The van der Waals surface area contributed by atoms with Gasteiger partial charge in [0, 0.05) is 18.7 Å². The zero-order chi connectivity index (χ0) is 13.8. The Morgan fingerprint density at radius 2 is 2.37 bits per heavy atom. The lowest BCUT2D eigenvalue weighted by Crippen LogP contribution is -2.26. The van der Waals surface area contributed by atoms with Crippen LogP contribution in [0, 0.1) is 0 Å². The summed E-state index contributed by atoms with van der Waals surface area (Å²) in [6, 6.07) is 3.62. The molecule has 104 valence electrons. The third-order valence-electron chi connectivity index (χ3n) is 2.76. The molecule has 1 aliphatic heterocycles. The normalized spacial score (nSPS) is 15.2. The van der Waals surface area contributed by atoms with E-state index in [0.717, 1.165) is 5.69 Å². The first-order valence-corrected chi connectivity index (χ1v) is 6.30. The SMILES string of the molecule is CCOCC(C)Nc1cc2c(cc1N)OCC(=O)N2. The summed E-state index contributed by atoms with van der Waals surface area (Å²) in [5.74, 6) is 0.436. The first kappa shape index (κ1) is 13.5. The number of benzene rings is 1. The van der Waals surface area contributed by atoms with Crippen molar-refractivity contribution < 1.29 is 14.3 Å². The van der Waals surface area contributed by atoms with Crippen molar-refractivity contribution in [3.05, 3.63) is 12.1 Å². The average Bonchev–Trinajstić information content (AvgIpc) is 2.38. The summed E-state index contributed by atoms with van der Waals surface area (Å²) in [5.41, 5.74) is 7.94. The van der Waals surface area contributed by atoms with Gasteiger partial charge in [-0.05, 0) is 19.9 Å². The highest BCUT2D eigenvalue weighted by Gasteiger charge is 2.18. The molecule has 0 fully saturated rings. The molecular formula is C13H19N3O3. The third kappa shape index (κ3) is 3.29. The van der Waals surface area contributed by atoms with Crippen LogP contribution in [0.4, 0.5) is 17.1 Å². The number of ether oxygens (including phenoxy) is 2. The highest BCUT2D eigenvalue weighted by Crippen LogP contribution is 2.35. The summed E-state index contributed by atoms with van der Waals surface area (Å²) in [7, 11) is 0. The summed E-state index contributed by atoms with van der Waals surface area (Å²) in [5, 5.41) is 6.01. The number of nitrogen functional groups attached to an aromatic ring is 1. The summed E-state index contributed by atoms with van der Waals surface area (Å²) < 4.78 is 10.6. The molecule has 1 unspecified atom stereocenters. The van der Waals surface area contributed by atoms with Gasteiger partial charge in [-0.25, -0.2) is 0 Å². The van der Waals surface area contributed by atoms with E-state index in [-0.39, 0.29) is 18.6 Å². The number of hydrogen-bond acceptors (Lipinski definition) is 5. The van der Waals surface area contributed by atoms with Gasteiger partial charge in [-0.15, -0.1) is 0 Å². The number of hydrogen-bond donors (Lipinski definition) is 3. The molecule has 1 aromatic rings. The van der Waals surface area contributed by atoms with E-state index in [1.807, 2.05) is 13.8 Å². The van der Waals surface area contributed by atoms with Crippen LogP contribution in [0.3, 0.4) is 0 Å². The van der Waals surface area contributed by atoms with E-state index in [1.54, 1.807) is 12.1 Å². The molecule has 6 nitrogen and oxygen atoms in total. The Kier molecular flexibility index (Phi) is 4.11. The van der Waals surface area contributed by atoms with E-state index in [9.17, 15) is 4.79 Å². The lowest BCUT2D eigenvalue weighted by Gasteiger charge is -2.22. The minimum Gasteiger partial charge on any atom is -0.482 e. The molecule has 0 aliphatic carbocycles. The maximum Gasteiger partial charge on any atom is 0.262 e. The minimum atomic E-state index is -0.161. The molecular weight excluding hydrogens is 246 g/mol. The molecule has 2 rings (SSSR count). The van der Waals surface area contributed by atoms with Crippen LogP contribution in [-0.2, 0) is 9.53 Å². The molecule has 0 radical (unpaired) electrons. The molecule has 0 aromatic heterocycles. The van der Waals surface area contributed by atoms with Crippen LogP contribution in [0.15, 0.2) is 12.1 Å². The van der Waals surface area contributed by atoms with Crippen molar-refractivity contribution in [3.63, 3.8) is 0 Å². The Balaban J connectivity index is 2.12. The zero-order valence-corrected chi connectivity index (χ0v) is 11.2. The molecule has 1 heterocycles. The monoisotopic (exact) mass is 265 g/mol. The first-order chi connectivity index (χ1) is 9.10. The van der Waals surface area contributed by atoms with Crippen LogP contribution in [0.1, 0.15) is 13.8 Å². The van der Waals surface area contributed by atoms with Gasteiger partial charge in [0.15, 0.2) is 6.61 Å². The van der Waals surface area contributed by atoms with Gasteiger partial charge in [0.25, 0.3) is 5.91 Å². The van der Waals surface area contributed by atoms with E-state index in [0.29, 0.717) is 30.3 Å². The average molecular weight is 265 g/mol. The van der Waals surface area contributed by atoms with Crippen molar-refractivity contribution >= 4 is 23.0 Å². The molecule has 0 saturated carbocycles. The third-order valence-corrected chi connectivity index (χ3v) is 2.76. The number of rotatable bonds is 5. The second-order valence-corrected chi connectivity index (χ2v) is 4.48. The van der Waals surface area contributed by atoms with Crippen LogP contribution in [-0.4, -0.2) is 31.8 Å². The van der Waals surface area contributed by atoms with E-state index < -0.39 is 0 Å². The molecule has 0 bridgehead atoms. The van der Waals surface area contributed by atoms with Crippen LogP contribution >= 0.6 is 0 Å². The highest BCUT2D eigenvalue weighted by molar-refractivity contribution is 5.97. The number of fused-ring (bicyclic) bond motifs is 1. The van der Waals surface area contributed by atoms with Crippen LogP contribution in [0.5, 0.6) is 5.75 Å². The molecule has 1 aliphatic rings. The Labute approximate surface area is 112 Å². The summed E-state index contributed by atoms with van der Waals surface area (Å²) >= 11 is 0. The maximum atomic E-state index is 11.3. The second kappa shape index (κ2) is 5.79. The number of anilines is 3. The summed E-state index contributed by atoms with van der Waals surface area (Å²) in [6.45, 7) is 5.25. The van der Waals surface area contributed by atoms with Gasteiger partial charge < -0.3 is 25.8 Å². The quantitative estimate of drug-likeness (QED) is 0.701. The highest BCUT2D eigenvalue weighted by atomic mass is 16.5. The number of nitrogens with two attached hydrogens (primary N) is 1. The number of nitrogens with one attached hydrogen (secondary N) is 2. The number of amides is 1. The van der Waals surface area contributed by atoms with Crippen molar-refractivity contribution in [2.24, 2.45) is 0 Å².